The van der Waals surface area contributed by atoms with E-state index in [0.717, 1.165) is 11.3 Å². The van der Waals surface area contributed by atoms with Crippen molar-refractivity contribution < 1.29 is 9.90 Å². The Morgan fingerprint density at radius 3 is 2.58 bits per heavy atom. The van der Waals surface area contributed by atoms with Crippen molar-refractivity contribution in [1.29, 1.82) is 0 Å². The second-order valence-electron chi connectivity index (χ2n) is 5.83. The molecule has 1 aromatic rings. The smallest absolute Gasteiger partial charge is 0.246 e. The molecule has 1 aliphatic rings. The molecule has 0 aliphatic carbocycles. The third kappa shape index (κ3) is 2.38. The second kappa shape index (κ2) is 4.94. The van der Waals surface area contributed by atoms with Crippen molar-refractivity contribution in [1.82, 2.24) is 4.90 Å². The molecule has 1 atom stereocenters. The SMILES string of the molecule is Cc1ccccc1N1CC(C)(C)N(C)C(CO)C1=O. The van der Waals surface area contributed by atoms with Crippen molar-refractivity contribution in [2.45, 2.75) is 32.4 Å². The van der Waals surface area contributed by atoms with E-state index in [1.54, 1.807) is 4.90 Å². The van der Waals surface area contributed by atoms with Crippen molar-refractivity contribution in [3.8, 4) is 0 Å². The molecule has 1 aromatic carbocycles. The van der Waals surface area contributed by atoms with Gasteiger partial charge in [0.15, 0.2) is 0 Å². The van der Waals surface area contributed by atoms with Crippen LogP contribution in [0.25, 0.3) is 0 Å². The molecule has 2 rings (SSSR count). The molecule has 1 heterocycles. The van der Waals surface area contributed by atoms with E-state index in [4.69, 9.17) is 0 Å². The Kier molecular flexibility index (Phi) is 3.65. The fourth-order valence-electron chi connectivity index (χ4n) is 2.61. The van der Waals surface area contributed by atoms with Crippen molar-refractivity contribution in [3.05, 3.63) is 29.8 Å². The van der Waals surface area contributed by atoms with Gasteiger partial charge in [0.1, 0.15) is 6.04 Å². The number of aliphatic hydroxyl groups is 1. The van der Waals surface area contributed by atoms with Gasteiger partial charge >= 0.3 is 0 Å². The molecule has 1 aliphatic heterocycles. The molecular formula is C15H22N2O2. The van der Waals surface area contributed by atoms with Crippen LogP contribution in [-0.4, -0.2) is 47.7 Å². The first-order valence-electron chi connectivity index (χ1n) is 6.59. The molecule has 1 saturated heterocycles. The van der Waals surface area contributed by atoms with Gasteiger partial charge in [-0.2, -0.15) is 0 Å². The van der Waals surface area contributed by atoms with Crippen LogP contribution in [0.15, 0.2) is 24.3 Å². The number of hydrogen-bond acceptors (Lipinski definition) is 3. The minimum absolute atomic E-state index is 0.0291. The first-order valence-corrected chi connectivity index (χ1v) is 6.59. The summed E-state index contributed by atoms with van der Waals surface area (Å²) in [5.74, 6) is -0.0291. The summed E-state index contributed by atoms with van der Waals surface area (Å²) in [5.41, 5.74) is 1.85. The Labute approximate surface area is 114 Å². The van der Waals surface area contributed by atoms with Gasteiger partial charge < -0.3 is 10.0 Å². The summed E-state index contributed by atoms with van der Waals surface area (Å²) in [4.78, 5) is 16.3. The fourth-order valence-corrected chi connectivity index (χ4v) is 2.61. The lowest BCUT2D eigenvalue weighted by Crippen LogP contribution is -2.66. The van der Waals surface area contributed by atoms with Crippen molar-refractivity contribution in [2.75, 3.05) is 25.1 Å². The molecule has 0 aromatic heterocycles. The zero-order valence-corrected chi connectivity index (χ0v) is 12.1. The summed E-state index contributed by atoms with van der Waals surface area (Å²) >= 11 is 0. The number of amides is 1. The van der Waals surface area contributed by atoms with Gasteiger partial charge in [0, 0.05) is 17.8 Å². The van der Waals surface area contributed by atoms with E-state index >= 15 is 0 Å². The Hall–Kier alpha value is -1.39. The summed E-state index contributed by atoms with van der Waals surface area (Å²) in [6.45, 7) is 6.66. The average Bonchev–Trinajstić information content (AvgIpc) is 2.36. The van der Waals surface area contributed by atoms with Crippen LogP contribution in [0.4, 0.5) is 5.69 Å². The van der Waals surface area contributed by atoms with Crippen LogP contribution in [0.5, 0.6) is 0 Å². The highest BCUT2D eigenvalue weighted by atomic mass is 16.3. The third-order valence-electron chi connectivity index (χ3n) is 4.10. The van der Waals surface area contributed by atoms with Gasteiger partial charge in [-0.25, -0.2) is 0 Å². The van der Waals surface area contributed by atoms with Crippen LogP contribution in [0, 0.1) is 6.92 Å². The first kappa shape index (κ1) is 14.0. The van der Waals surface area contributed by atoms with E-state index in [2.05, 4.69) is 13.8 Å². The zero-order valence-electron chi connectivity index (χ0n) is 12.1. The molecule has 1 unspecified atom stereocenters. The first-order chi connectivity index (χ1) is 8.88. The van der Waals surface area contributed by atoms with Crippen molar-refractivity contribution in [2.24, 2.45) is 0 Å². The molecule has 104 valence electrons. The molecule has 0 radical (unpaired) electrons. The number of aryl methyl sites for hydroxylation is 1. The summed E-state index contributed by atoms with van der Waals surface area (Å²) < 4.78 is 0. The number of hydrogen-bond donors (Lipinski definition) is 1. The van der Waals surface area contributed by atoms with Crippen LogP contribution in [0.3, 0.4) is 0 Å². The normalized spacial score (nSPS) is 23.7. The van der Waals surface area contributed by atoms with E-state index < -0.39 is 6.04 Å². The van der Waals surface area contributed by atoms with E-state index in [0.29, 0.717) is 6.54 Å². The molecule has 4 heteroatoms. The fraction of sp³-hybridized carbons (Fsp3) is 0.533. The highest BCUT2D eigenvalue weighted by molar-refractivity contribution is 5.99. The van der Waals surface area contributed by atoms with Crippen LogP contribution in [-0.2, 0) is 4.79 Å². The number of para-hydroxylation sites is 1. The molecule has 0 saturated carbocycles. The highest BCUT2D eigenvalue weighted by Crippen LogP contribution is 2.30. The lowest BCUT2D eigenvalue weighted by molar-refractivity contribution is -0.131. The quantitative estimate of drug-likeness (QED) is 0.876. The molecule has 1 fully saturated rings. The van der Waals surface area contributed by atoms with Gasteiger partial charge in [-0.15, -0.1) is 0 Å². The van der Waals surface area contributed by atoms with E-state index in [-0.39, 0.29) is 18.1 Å². The summed E-state index contributed by atoms with van der Waals surface area (Å²) in [6.07, 6.45) is 0. The van der Waals surface area contributed by atoms with E-state index in [9.17, 15) is 9.90 Å². The topological polar surface area (TPSA) is 43.8 Å². The number of aliphatic hydroxyl groups excluding tert-OH is 1. The molecule has 0 spiro atoms. The molecule has 4 nitrogen and oxygen atoms in total. The van der Waals surface area contributed by atoms with Crippen LogP contribution in [0.2, 0.25) is 0 Å². The van der Waals surface area contributed by atoms with Gasteiger partial charge in [-0.3, -0.25) is 9.69 Å². The molecular weight excluding hydrogens is 240 g/mol. The Morgan fingerprint density at radius 1 is 1.37 bits per heavy atom. The number of anilines is 1. The molecule has 1 amide bonds. The average molecular weight is 262 g/mol. The Morgan fingerprint density at radius 2 is 2.00 bits per heavy atom. The van der Waals surface area contributed by atoms with Gasteiger partial charge in [-0.1, -0.05) is 18.2 Å². The predicted molar refractivity (Wildman–Crippen MR) is 76.2 cm³/mol. The lowest BCUT2D eigenvalue weighted by atomic mass is 9.94. The zero-order chi connectivity index (χ0) is 14.2. The monoisotopic (exact) mass is 262 g/mol. The van der Waals surface area contributed by atoms with Crippen LogP contribution >= 0.6 is 0 Å². The number of piperazine rings is 1. The Balaban J connectivity index is 2.41. The van der Waals surface area contributed by atoms with Crippen molar-refractivity contribution >= 4 is 11.6 Å². The summed E-state index contributed by atoms with van der Waals surface area (Å²) in [7, 11) is 1.90. The minimum atomic E-state index is -0.469. The number of rotatable bonds is 2. The molecule has 0 bridgehead atoms. The number of benzene rings is 1. The van der Waals surface area contributed by atoms with Gasteiger partial charge in [0.05, 0.1) is 6.61 Å². The maximum absolute atomic E-state index is 12.5. The molecule has 1 N–H and O–H groups in total. The van der Waals surface area contributed by atoms with Gasteiger partial charge in [0.25, 0.3) is 0 Å². The maximum atomic E-state index is 12.5. The van der Waals surface area contributed by atoms with E-state index in [1.165, 1.54) is 0 Å². The number of carbonyl (C=O) groups excluding carboxylic acids is 1. The number of carbonyl (C=O) groups is 1. The lowest BCUT2D eigenvalue weighted by Gasteiger charge is -2.49. The highest BCUT2D eigenvalue weighted by Gasteiger charge is 2.43. The van der Waals surface area contributed by atoms with Gasteiger partial charge in [-0.05, 0) is 39.4 Å². The predicted octanol–water partition coefficient (Wildman–Crippen LogP) is 1.41. The Bertz CT molecular complexity index is 485. The van der Waals surface area contributed by atoms with Gasteiger partial charge in [0.2, 0.25) is 5.91 Å². The van der Waals surface area contributed by atoms with Crippen LogP contribution in [0.1, 0.15) is 19.4 Å². The standard InChI is InChI=1S/C15H22N2O2/c1-11-7-5-6-8-12(11)17-10-15(2,3)16(4)13(9-18)14(17)19/h5-8,13,18H,9-10H2,1-4H3. The van der Waals surface area contributed by atoms with Crippen molar-refractivity contribution in [3.63, 3.8) is 0 Å². The largest absolute Gasteiger partial charge is 0.394 e. The summed E-state index contributed by atoms with van der Waals surface area (Å²) in [6, 6.07) is 7.40. The third-order valence-corrected chi connectivity index (χ3v) is 4.10. The van der Waals surface area contributed by atoms with Crippen LogP contribution < -0.4 is 4.90 Å². The minimum Gasteiger partial charge on any atom is -0.394 e. The number of nitrogens with zero attached hydrogens (tertiary/aromatic N) is 2. The second-order valence-corrected chi connectivity index (χ2v) is 5.83. The summed E-state index contributed by atoms with van der Waals surface area (Å²) in [5, 5.41) is 9.51. The number of likely N-dealkylation sites (N-methyl/N-ethyl adjacent to an activating group) is 1. The molecule has 19 heavy (non-hydrogen) atoms. The van der Waals surface area contributed by atoms with E-state index in [1.807, 2.05) is 43.1 Å². The maximum Gasteiger partial charge on any atom is 0.246 e.